The maximum absolute atomic E-state index is 12.4. The Bertz CT molecular complexity index is 678. The smallest absolute Gasteiger partial charge is 0.279 e. The molecule has 1 unspecified atom stereocenters. The fourth-order valence-corrected chi connectivity index (χ4v) is 2.37. The van der Waals surface area contributed by atoms with Gasteiger partial charge in [0, 0.05) is 6.42 Å². The van der Waals surface area contributed by atoms with Crippen molar-refractivity contribution >= 4 is 17.3 Å². The summed E-state index contributed by atoms with van der Waals surface area (Å²) < 4.78 is 0. The molecule has 0 bridgehead atoms. The molecule has 1 N–H and O–H groups in total. The summed E-state index contributed by atoms with van der Waals surface area (Å²) in [7, 11) is 0. The van der Waals surface area contributed by atoms with Crippen molar-refractivity contribution in [1.82, 2.24) is 0 Å². The fraction of sp³-hybridized carbons (Fsp3) is 0.176. The Labute approximate surface area is 123 Å². The highest BCUT2D eigenvalue weighted by Gasteiger charge is 2.40. The van der Waals surface area contributed by atoms with E-state index in [2.05, 4.69) is 5.10 Å². The van der Waals surface area contributed by atoms with Gasteiger partial charge < -0.3 is 5.11 Å². The predicted octanol–water partition coefficient (Wildman–Crippen LogP) is 2.58. The van der Waals surface area contributed by atoms with E-state index in [1.807, 2.05) is 48.5 Å². The van der Waals surface area contributed by atoms with Gasteiger partial charge in [0.15, 0.2) is 0 Å². The Morgan fingerprint density at radius 1 is 1.05 bits per heavy atom. The van der Waals surface area contributed by atoms with E-state index in [0.717, 1.165) is 5.56 Å². The number of amides is 1. The lowest BCUT2D eigenvalue weighted by Gasteiger charge is -2.33. The van der Waals surface area contributed by atoms with Gasteiger partial charge in [-0.15, -0.1) is 0 Å². The first-order valence-electron chi connectivity index (χ1n) is 6.83. The molecule has 0 saturated carbocycles. The molecule has 1 atom stereocenters. The second-order valence-electron chi connectivity index (χ2n) is 5.32. The van der Waals surface area contributed by atoms with Gasteiger partial charge >= 0.3 is 0 Å². The van der Waals surface area contributed by atoms with Crippen molar-refractivity contribution < 1.29 is 9.90 Å². The molecule has 0 aliphatic carbocycles. The van der Waals surface area contributed by atoms with Gasteiger partial charge in [-0.05, 0) is 24.6 Å². The quantitative estimate of drug-likeness (QED) is 0.919. The van der Waals surface area contributed by atoms with E-state index in [-0.39, 0.29) is 6.42 Å². The molecule has 1 amide bonds. The van der Waals surface area contributed by atoms with Crippen molar-refractivity contribution in [3.8, 4) is 0 Å². The summed E-state index contributed by atoms with van der Waals surface area (Å²) in [5.41, 5.74) is 0.800. The number of benzene rings is 2. The molecule has 0 radical (unpaired) electrons. The number of hydrogen-bond acceptors (Lipinski definition) is 3. The molecule has 106 valence electrons. The lowest BCUT2D eigenvalue weighted by molar-refractivity contribution is -0.135. The van der Waals surface area contributed by atoms with Crippen LogP contribution in [0.15, 0.2) is 65.8 Å². The van der Waals surface area contributed by atoms with Gasteiger partial charge in [-0.3, -0.25) is 4.79 Å². The number of aliphatic hydroxyl groups is 1. The number of carbonyl (C=O) groups excluding carboxylic acids is 1. The third-order valence-corrected chi connectivity index (χ3v) is 3.49. The molecule has 0 aromatic heterocycles. The van der Waals surface area contributed by atoms with Gasteiger partial charge in [0.25, 0.3) is 5.91 Å². The van der Waals surface area contributed by atoms with Gasteiger partial charge in [0.05, 0.1) is 11.4 Å². The minimum Gasteiger partial charge on any atom is -0.380 e. The normalized spacial score (nSPS) is 22.1. The maximum Gasteiger partial charge on any atom is 0.279 e. The number of hydrazone groups is 1. The van der Waals surface area contributed by atoms with Crippen molar-refractivity contribution in [2.24, 2.45) is 5.10 Å². The second kappa shape index (κ2) is 5.14. The van der Waals surface area contributed by atoms with Crippen LogP contribution in [0.2, 0.25) is 0 Å². The van der Waals surface area contributed by atoms with E-state index in [0.29, 0.717) is 11.4 Å². The third-order valence-electron chi connectivity index (χ3n) is 3.49. The average molecular weight is 280 g/mol. The zero-order chi connectivity index (χ0) is 14.9. The number of para-hydroxylation sites is 1. The Morgan fingerprint density at radius 2 is 1.62 bits per heavy atom. The van der Waals surface area contributed by atoms with Crippen LogP contribution in [0, 0.1) is 0 Å². The molecule has 21 heavy (non-hydrogen) atoms. The summed E-state index contributed by atoms with van der Waals surface area (Å²) in [4.78, 5) is 12.4. The van der Waals surface area contributed by atoms with Crippen molar-refractivity contribution in [2.75, 3.05) is 5.01 Å². The molecule has 4 heteroatoms. The monoisotopic (exact) mass is 280 g/mol. The van der Waals surface area contributed by atoms with Crippen LogP contribution in [0.5, 0.6) is 0 Å². The largest absolute Gasteiger partial charge is 0.380 e. The minimum absolute atomic E-state index is 0.208. The van der Waals surface area contributed by atoms with Crippen molar-refractivity contribution in [1.29, 1.82) is 0 Å². The van der Waals surface area contributed by atoms with Crippen LogP contribution in [0.3, 0.4) is 0 Å². The van der Waals surface area contributed by atoms with Gasteiger partial charge in [-0.2, -0.15) is 10.1 Å². The van der Waals surface area contributed by atoms with Crippen molar-refractivity contribution in [2.45, 2.75) is 18.9 Å². The zero-order valence-corrected chi connectivity index (χ0v) is 11.7. The zero-order valence-electron chi connectivity index (χ0n) is 11.7. The van der Waals surface area contributed by atoms with E-state index in [4.69, 9.17) is 0 Å². The molecule has 2 aromatic carbocycles. The number of anilines is 1. The second-order valence-corrected chi connectivity index (χ2v) is 5.32. The van der Waals surface area contributed by atoms with Gasteiger partial charge in [0.1, 0.15) is 5.60 Å². The van der Waals surface area contributed by atoms with Crippen LogP contribution in [-0.4, -0.2) is 22.3 Å². The van der Waals surface area contributed by atoms with Crippen molar-refractivity contribution in [3.63, 3.8) is 0 Å². The van der Waals surface area contributed by atoms with Crippen LogP contribution >= 0.6 is 0 Å². The van der Waals surface area contributed by atoms with Gasteiger partial charge in [-0.25, -0.2) is 0 Å². The van der Waals surface area contributed by atoms with Gasteiger partial charge in [-0.1, -0.05) is 48.5 Å². The first kappa shape index (κ1) is 13.5. The summed E-state index contributed by atoms with van der Waals surface area (Å²) in [6.07, 6.45) is 0.208. The summed E-state index contributed by atoms with van der Waals surface area (Å²) >= 11 is 0. The van der Waals surface area contributed by atoms with Crippen LogP contribution in [0.25, 0.3) is 0 Å². The van der Waals surface area contributed by atoms with Crippen molar-refractivity contribution in [3.05, 3.63) is 66.2 Å². The molecular weight excluding hydrogens is 264 g/mol. The first-order valence-corrected chi connectivity index (χ1v) is 6.83. The predicted molar refractivity (Wildman–Crippen MR) is 82.1 cm³/mol. The minimum atomic E-state index is -1.46. The molecule has 1 aliphatic heterocycles. The lowest BCUT2D eigenvalue weighted by Crippen LogP contribution is -2.50. The molecule has 2 aromatic rings. The Hall–Kier alpha value is -2.46. The molecule has 0 saturated heterocycles. The standard InChI is InChI=1S/C17H16N2O2/c1-17(21)12-15(13-8-4-2-5-9-13)18-19(16(17)20)14-10-6-3-7-11-14/h2-11,21H,12H2,1H3. The average Bonchev–Trinajstić information content (AvgIpc) is 2.51. The van der Waals surface area contributed by atoms with E-state index >= 15 is 0 Å². The van der Waals surface area contributed by atoms with Gasteiger partial charge in [0.2, 0.25) is 0 Å². The van der Waals surface area contributed by atoms with E-state index < -0.39 is 11.5 Å². The lowest BCUT2D eigenvalue weighted by atomic mass is 9.92. The van der Waals surface area contributed by atoms with E-state index in [9.17, 15) is 9.90 Å². The Kier molecular flexibility index (Phi) is 3.31. The number of rotatable bonds is 2. The number of carbonyl (C=O) groups is 1. The summed E-state index contributed by atoms with van der Waals surface area (Å²) in [6.45, 7) is 1.53. The van der Waals surface area contributed by atoms with Crippen LogP contribution in [0.1, 0.15) is 18.9 Å². The Morgan fingerprint density at radius 3 is 2.24 bits per heavy atom. The van der Waals surface area contributed by atoms with E-state index in [1.54, 1.807) is 12.1 Å². The van der Waals surface area contributed by atoms with Crippen LogP contribution in [0.4, 0.5) is 5.69 Å². The number of nitrogens with zero attached hydrogens (tertiary/aromatic N) is 2. The summed E-state index contributed by atoms with van der Waals surface area (Å²) in [5.74, 6) is -0.409. The highest BCUT2D eigenvalue weighted by Crippen LogP contribution is 2.27. The highest BCUT2D eigenvalue weighted by molar-refractivity contribution is 6.12. The summed E-state index contributed by atoms with van der Waals surface area (Å²) in [5, 5.41) is 16.2. The van der Waals surface area contributed by atoms with Crippen LogP contribution < -0.4 is 5.01 Å². The SMILES string of the molecule is CC1(O)CC(c2ccccc2)=NN(c2ccccc2)C1=O. The molecule has 3 rings (SSSR count). The molecule has 0 fully saturated rings. The van der Waals surface area contributed by atoms with E-state index in [1.165, 1.54) is 11.9 Å². The molecule has 0 spiro atoms. The molecule has 1 heterocycles. The molecule has 4 nitrogen and oxygen atoms in total. The molecular formula is C17H16N2O2. The summed E-state index contributed by atoms with van der Waals surface area (Å²) in [6, 6.07) is 18.7. The first-order chi connectivity index (χ1) is 10.1. The van der Waals surface area contributed by atoms with Crippen LogP contribution in [-0.2, 0) is 4.79 Å². The fourth-order valence-electron chi connectivity index (χ4n) is 2.37. The third kappa shape index (κ3) is 2.58. The maximum atomic E-state index is 12.4. The topological polar surface area (TPSA) is 52.9 Å². The highest BCUT2D eigenvalue weighted by atomic mass is 16.3. The molecule has 1 aliphatic rings. The number of hydrogen-bond donors (Lipinski definition) is 1. The Balaban J connectivity index is 2.07.